The Morgan fingerprint density at radius 3 is 2.19 bits per heavy atom. The van der Waals surface area contributed by atoms with Crippen molar-refractivity contribution < 1.29 is 19.2 Å². The highest BCUT2D eigenvalue weighted by atomic mass is 16.7. The highest BCUT2D eigenvalue weighted by molar-refractivity contribution is 6.15. The second-order valence-electron chi connectivity index (χ2n) is 3.02. The monoisotopic (exact) mass is 215 g/mol. The summed E-state index contributed by atoms with van der Waals surface area (Å²) in [5.41, 5.74) is 0. The molecule has 2 rings (SSSR count). The maximum Gasteiger partial charge on any atom is 0.659 e. The van der Waals surface area contributed by atoms with Crippen LogP contribution in [0.25, 0.3) is 0 Å². The molecule has 0 aliphatic carbocycles. The number of hydrogen-bond donors (Lipinski definition) is 1. The molecule has 0 aliphatic rings. The summed E-state index contributed by atoms with van der Waals surface area (Å²) in [4.78, 5) is 0. The molecule has 0 fully saturated rings. The van der Waals surface area contributed by atoms with E-state index in [1.165, 1.54) is 4.73 Å². The number of nitrogens with zero attached hydrogens (tertiary/aromatic N) is 1. The van der Waals surface area contributed by atoms with Crippen molar-refractivity contribution in [1.82, 2.24) is 0 Å². The summed E-state index contributed by atoms with van der Waals surface area (Å²) < 4.78 is 11.6. The minimum Gasteiger partial charge on any atom is -0.457 e. The van der Waals surface area contributed by atoms with Crippen molar-refractivity contribution in [3.63, 3.8) is 0 Å². The summed E-state index contributed by atoms with van der Waals surface area (Å²) in [7, 11) is 0.609. The Morgan fingerprint density at radius 2 is 1.56 bits per heavy atom. The summed E-state index contributed by atoms with van der Waals surface area (Å²) in [5, 5.41) is 8.42. The third kappa shape index (κ3) is 2.74. The molecule has 0 bridgehead atoms. The molecule has 1 heterocycles. The van der Waals surface area contributed by atoms with E-state index in [9.17, 15) is 0 Å². The largest absolute Gasteiger partial charge is 0.659 e. The lowest BCUT2D eigenvalue weighted by molar-refractivity contribution is -0.862. The molecule has 1 N–H and O–H groups in total. The topological polar surface area (TPSA) is 42.6 Å². The molecular weight excluding hydrogens is 205 g/mol. The Morgan fingerprint density at radius 1 is 0.938 bits per heavy atom. The number of benzene rings is 1. The normalized spacial score (nSPS) is 9.56. The fraction of sp³-hybridized carbons (Fsp3) is 0. The maximum atomic E-state index is 8.42. The molecule has 4 nitrogen and oxygen atoms in total. The van der Waals surface area contributed by atoms with Crippen molar-refractivity contribution in [3.05, 3.63) is 54.9 Å². The number of aromatic nitrogens is 1. The van der Waals surface area contributed by atoms with Crippen molar-refractivity contribution >= 4 is 7.69 Å². The Hall–Kier alpha value is -2.01. The second kappa shape index (κ2) is 5.18. The van der Waals surface area contributed by atoms with E-state index in [1.807, 2.05) is 30.3 Å². The minimum absolute atomic E-state index is 0.609. The third-order valence-corrected chi connectivity index (χ3v) is 1.92. The molecule has 0 saturated carbocycles. The van der Waals surface area contributed by atoms with Gasteiger partial charge in [-0.1, -0.05) is 18.2 Å². The van der Waals surface area contributed by atoms with Crippen LogP contribution in [0, 0.1) is 0 Å². The van der Waals surface area contributed by atoms with Crippen LogP contribution >= 0.6 is 0 Å². The van der Waals surface area contributed by atoms with Gasteiger partial charge in [0.2, 0.25) is 12.4 Å². The molecule has 5 heteroatoms. The molecule has 2 aromatic rings. The van der Waals surface area contributed by atoms with Crippen LogP contribution in [0.2, 0.25) is 0 Å². The molecule has 0 atom stereocenters. The third-order valence-electron chi connectivity index (χ3n) is 1.92. The molecule has 0 unspecified atom stereocenters. The number of pyridine rings is 1. The van der Waals surface area contributed by atoms with Crippen molar-refractivity contribution in [3.8, 4) is 11.5 Å². The van der Waals surface area contributed by atoms with Gasteiger partial charge in [-0.3, -0.25) is 0 Å². The zero-order chi connectivity index (χ0) is 11.2. The molecule has 79 valence electrons. The number of para-hydroxylation sites is 1. The first-order valence-electron chi connectivity index (χ1n) is 4.76. The Kier molecular flexibility index (Phi) is 3.40. The van der Waals surface area contributed by atoms with Gasteiger partial charge in [-0.05, 0) is 16.9 Å². The minimum atomic E-state index is 0.609. The van der Waals surface area contributed by atoms with Gasteiger partial charge in [0.05, 0.1) is 0 Å². The van der Waals surface area contributed by atoms with E-state index in [0.29, 0.717) is 13.4 Å². The van der Waals surface area contributed by atoms with Gasteiger partial charge in [0, 0.05) is 12.1 Å². The number of hydrogen-bond acceptors (Lipinski definition) is 3. The SMILES string of the molecule is O[B]O[n+]1ccc(Oc2ccccc2)cc1. The average Bonchev–Trinajstić information content (AvgIpc) is 2.33. The van der Waals surface area contributed by atoms with Crippen LogP contribution in [0.3, 0.4) is 0 Å². The molecule has 1 aromatic heterocycles. The quantitative estimate of drug-likeness (QED) is 0.603. The van der Waals surface area contributed by atoms with Crippen LogP contribution in [0.4, 0.5) is 0 Å². The van der Waals surface area contributed by atoms with E-state index in [1.54, 1.807) is 24.5 Å². The fourth-order valence-corrected chi connectivity index (χ4v) is 1.22. The van der Waals surface area contributed by atoms with Gasteiger partial charge in [0.1, 0.15) is 11.5 Å². The van der Waals surface area contributed by atoms with Crippen molar-refractivity contribution in [2.24, 2.45) is 0 Å². The van der Waals surface area contributed by atoms with E-state index in [4.69, 9.17) is 14.5 Å². The summed E-state index contributed by atoms with van der Waals surface area (Å²) in [6.45, 7) is 0. The van der Waals surface area contributed by atoms with Crippen LogP contribution < -0.4 is 14.2 Å². The predicted octanol–water partition coefficient (Wildman–Crippen LogP) is 0.722. The average molecular weight is 215 g/mol. The maximum absolute atomic E-state index is 8.42. The predicted molar refractivity (Wildman–Crippen MR) is 57.7 cm³/mol. The van der Waals surface area contributed by atoms with Gasteiger partial charge in [-0.2, -0.15) is 0 Å². The molecule has 0 amide bonds. The number of rotatable bonds is 4. The Bertz CT molecular complexity index is 433. The highest BCUT2D eigenvalue weighted by Gasteiger charge is 2.03. The lowest BCUT2D eigenvalue weighted by atomic mass is 10.3. The molecule has 16 heavy (non-hydrogen) atoms. The standard InChI is InChI=1S/C11H10BNO3/c14-12-16-13-8-6-11(7-9-13)15-10-4-2-1-3-5-10/h1-9,14H/q+1. The molecule has 0 spiro atoms. The Labute approximate surface area is 94.0 Å². The van der Waals surface area contributed by atoms with E-state index in [0.717, 1.165) is 5.75 Å². The second-order valence-corrected chi connectivity index (χ2v) is 3.02. The van der Waals surface area contributed by atoms with Gasteiger partial charge >= 0.3 is 7.69 Å². The van der Waals surface area contributed by atoms with Crippen molar-refractivity contribution in [1.29, 1.82) is 0 Å². The van der Waals surface area contributed by atoms with Crippen LogP contribution in [-0.2, 0) is 0 Å². The Balaban J connectivity index is 2.05. The summed E-state index contributed by atoms with van der Waals surface area (Å²) in [6.07, 6.45) is 3.26. The summed E-state index contributed by atoms with van der Waals surface area (Å²) in [5.74, 6) is 1.47. The molecule has 1 radical (unpaired) electrons. The van der Waals surface area contributed by atoms with Crippen LogP contribution in [-0.4, -0.2) is 12.7 Å². The lowest BCUT2D eigenvalue weighted by Gasteiger charge is -2.03. The van der Waals surface area contributed by atoms with E-state index in [2.05, 4.69) is 0 Å². The molecule has 1 aromatic carbocycles. The molecule has 0 aliphatic heterocycles. The van der Waals surface area contributed by atoms with Crippen LogP contribution in [0.15, 0.2) is 54.9 Å². The van der Waals surface area contributed by atoms with Gasteiger partial charge in [-0.25, -0.2) is 0 Å². The smallest absolute Gasteiger partial charge is 0.457 e. The number of ether oxygens (including phenoxy) is 1. The van der Waals surface area contributed by atoms with E-state index < -0.39 is 0 Å². The lowest BCUT2D eigenvalue weighted by Crippen LogP contribution is -2.43. The van der Waals surface area contributed by atoms with Gasteiger partial charge < -0.3 is 14.5 Å². The van der Waals surface area contributed by atoms with E-state index in [-0.39, 0.29) is 0 Å². The van der Waals surface area contributed by atoms with Crippen molar-refractivity contribution in [2.45, 2.75) is 0 Å². The zero-order valence-electron chi connectivity index (χ0n) is 8.48. The zero-order valence-corrected chi connectivity index (χ0v) is 8.48. The van der Waals surface area contributed by atoms with Gasteiger partial charge in [0.25, 0.3) is 0 Å². The summed E-state index contributed by atoms with van der Waals surface area (Å²) in [6, 6.07) is 13.0. The first-order chi connectivity index (χ1) is 7.88. The van der Waals surface area contributed by atoms with Gasteiger partial charge in [-0.15, -0.1) is 0 Å². The highest BCUT2D eigenvalue weighted by Crippen LogP contribution is 2.18. The molecule has 0 saturated heterocycles. The van der Waals surface area contributed by atoms with Gasteiger partial charge in [0.15, 0.2) is 0 Å². The van der Waals surface area contributed by atoms with E-state index >= 15 is 0 Å². The summed E-state index contributed by atoms with van der Waals surface area (Å²) >= 11 is 0. The first kappa shape index (κ1) is 10.5. The van der Waals surface area contributed by atoms with Crippen LogP contribution in [0.5, 0.6) is 11.5 Å². The fourth-order valence-electron chi connectivity index (χ4n) is 1.22. The van der Waals surface area contributed by atoms with Crippen molar-refractivity contribution in [2.75, 3.05) is 0 Å². The molecular formula is C11H10BNO3+. The first-order valence-corrected chi connectivity index (χ1v) is 4.76. The van der Waals surface area contributed by atoms with Crippen LogP contribution in [0.1, 0.15) is 0 Å².